The van der Waals surface area contributed by atoms with Crippen molar-refractivity contribution in [1.82, 2.24) is 19.8 Å². The molecule has 1 fully saturated rings. The Balaban J connectivity index is 1.25. The van der Waals surface area contributed by atoms with Crippen LogP contribution in [0.1, 0.15) is 59.2 Å². The minimum Gasteiger partial charge on any atom is -0.493 e. The molecule has 0 radical (unpaired) electrons. The summed E-state index contributed by atoms with van der Waals surface area (Å²) in [4.78, 5) is 19.4. The molecule has 1 saturated heterocycles. The SMILES string of the molecule is CC(C)c1noc(N2CCC(COc3ccc(-c4ccc(S(=O)(=O)NCCN(C(=O)O)C(C)(C)C)cc4)cc3)CC2)n1. The standard InChI is InChI=1S/C30H41N5O6S/c1-21(2)27-32-28(41-33-27)34-17-14-22(15-18-34)20-40-25-10-6-23(7-11-25)24-8-12-26(13-9-24)42(38,39)31-16-19-35(29(36)37)30(3,4)5/h6-13,21-22,31H,14-20H2,1-5H3,(H,36,37). The monoisotopic (exact) mass is 599 g/mol. The van der Waals surface area contributed by atoms with Crippen molar-refractivity contribution in [3.63, 3.8) is 0 Å². The quantitative estimate of drug-likeness (QED) is 0.304. The van der Waals surface area contributed by atoms with Crippen LogP contribution in [0.3, 0.4) is 0 Å². The highest BCUT2D eigenvalue weighted by Crippen LogP contribution is 2.27. The molecule has 42 heavy (non-hydrogen) atoms. The van der Waals surface area contributed by atoms with Gasteiger partial charge in [0.15, 0.2) is 5.82 Å². The number of carbonyl (C=O) groups is 1. The molecule has 0 unspecified atom stereocenters. The van der Waals surface area contributed by atoms with Crippen molar-refractivity contribution in [3.8, 4) is 16.9 Å². The second kappa shape index (κ2) is 13.1. The zero-order valence-electron chi connectivity index (χ0n) is 24.9. The number of hydrogen-bond acceptors (Lipinski definition) is 8. The fourth-order valence-corrected chi connectivity index (χ4v) is 5.78. The predicted molar refractivity (Wildman–Crippen MR) is 160 cm³/mol. The van der Waals surface area contributed by atoms with Crippen LogP contribution < -0.4 is 14.4 Å². The molecule has 12 heteroatoms. The van der Waals surface area contributed by atoms with E-state index in [-0.39, 0.29) is 23.9 Å². The zero-order chi connectivity index (χ0) is 30.5. The maximum Gasteiger partial charge on any atom is 0.407 e. The van der Waals surface area contributed by atoms with Crippen LogP contribution in [-0.2, 0) is 10.0 Å². The molecular weight excluding hydrogens is 558 g/mol. The van der Waals surface area contributed by atoms with E-state index >= 15 is 0 Å². The van der Waals surface area contributed by atoms with Gasteiger partial charge in [-0.2, -0.15) is 4.98 Å². The van der Waals surface area contributed by atoms with Gasteiger partial charge in [0.1, 0.15) is 5.75 Å². The number of benzene rings is 2. The molecule has 3 aromatic rings. The van der Waals surface area contributed by atoms with Crippen LogP contribution in [0.4, 0.5) is 10.8 Å². The van der Waals surface area contributed by atoms with Gasteiger partial charge in [0.2, 0.25) is 10.0 Å². The Kier molecular flexibility index (Phi) is 9.78. The Morgan fingerprint density at radius 2 is 1.69 bits per heavy atom. The Bertz CT molecular complexity index is 1420. The fourth-order valence-electron chi connectivity index (χ4n) is 4.76. The summed E-state index contributed by atoms with van der Waals surface area (Å²) in [5.41, 5.74) is 1.18. The average molecular weight is 600 g/mol. The van der Waals surface area contributed by atoms with Crippen LogP contribution in [0.2, 0.25) is 0 Å². The summed E-state index contributed by atoms with van der Waals surface area (Å²) in [6, 6.07) is 14.9. The van der Waals surface area contributed by atoms with Gasteiger partial charge in [-0.1, -0.05) is 43.3 Å². The van der Waals surface area contributed by atoms with Crippen molar-refractivity contribution >= 4 is 22.1 Å². The lowest BCUT2D eigenvalue weighted by atomic mass is 9.98. The van der Waals surface area contributed by atoms with Gasteiger partial charge in [-0.05, 0) is 74.9 Å². The largest absolute Gasteiger partial charge is 0.493 e. The topological polar surface area (TPSA) is 138 Å². The molecule has 0 atom stereocenters. The number of anilines is 1. The number of carboxylic acid groups (broad SMARTS) is 1. The zero-order valence-corrected chi connectivity index (χ0v) is 25.7. The number of amides is 1. The van der Waals surface area contributed by atoms with Gasteiger partial charge in [0.05, 0.1) is 11.5 Å². The molecule has 2 heterocycles. The molecule has 1 aliphatic heterocycles. The highest BCUT2D eigenvalue weighted by Gasteiger charge is 2.27. The first-order chi connectivity index (χ1) is 19.8. The molecule has 228 valence electrons. The Morgan fingerprint density at radius 3 is 2.21 bits per heavy atom. The second-order valence-corrected chi connectivity index (χ2v) is 13.6. The molecule has 2 aromatic carbocycles. The number of sulfonamides is 1. The summed E-state index contributed by atoms with van der Waals surface area (Å²) in [5, 5.41) is 13.4. The van der Waals surface area contributed by atoms with Gasteiger partial charge in [0, 0.05) is 37.6 Å². The molecule has 1 aromatic heterocycles. The van der Waals surface area contributed by atoms with Crippen molar-refractivity contribution in [2.45, 2.75) is 63.8 Å². The third kappa shape index (κ3) is 8.01. The summed E-state index contributed by atoms with van der Waals surface area (Å²) in [6.45, 7) is 11.7. The van der Waals surface area contributed by atoms with Gasteiger partial charge in [-0.15, -0.1) is 0 Å². The van der Waals surface area contributed by atoms with Crippen molar-refractivity contribution in [1.29, 1.82) is 0 Å². The van der Waals surface area contributed by atoms with E-state index in [2.05, 4.69) is 19.8 Å². The van der Waals surface area contributed by atoms with E-state index in [1.165, 1.54) is 4.90 Å². The van der Waals surface area contributed by atoms with E-state index in [1.54, 1.807) is 45.0 Å². The molecule has 1 amide bonds. The summed E-state index contributed by atoms with van der Waals surface area (Å²) in [5.74, 6) is 2.20. The van der Waals surface area contributed by atoms with Crippen LogP contribution in [0, 0.1) is 5.92 Å². The number of nitrogens with zero attached hydrogens (tertiary/aromatic N) is 4. The maximum atomic E-state index is 12.7. The van der Waals surface area contributed by atoms with Crippen molar-refractivity contribution in [2.24, 2.45) is 5.92 Å². The minimum absolute atomic E-state index is 0.0218. The molecule has 0 saturated carbocycles. The van der Waals surface area contributed by atoms with Crippen LogP contribution >= 0.6 is 0 Å². The molecule has 11 nitrogen and oxygen atoms in total. The van der Waals surface area contributed by atoms with Crippen LogP contribution in [0.25, 0.3) is 11.1 Å². The van der Waals surface area contributed by atoms with E-state index in [4.69, 9.17) is 9.26 Å². The van der Waals surface area contributed by atoms with Gasteiger partial charge in [0.25, 0.3) is 0 Å². The number of aromatic nitrogens is 2. The van der Waals surface area contributed by atoms with Gasteiger partial charge in [-0.25, -0.2) is 17.9 Å². The summed E-state index contributed by atoms with van der Waals surface area (Å²) in [7, 11) is -3.78. The van der Waals surface area contributed by atoms with Gasteiger partial charge < -0.3 is 24.2 Å². The molecule has 0 spiro atoms. The summed E-state index contributed by atoms with van der Waals surface area (Å²) < 4.78 is 39.5. The lowest BCUT2D eigenvalue weighted by Crippen LogP contribution is -2.48. The van der Waals surface area contributed by atoms with Gasteiger partial charge in [-0.3, -0.25) is 0 Å². The first kappa shape index (κ1) is 31.3. The Morgan fingerprint density at radius 1 is 1.10 bits per heavy atom. The molecular formula is C30H41N5O6S. The van der Waals surface area contributed by atoms with Crippen molar-refractivity contribution < 1.29 is 27.6 Å². The van der Waals surface area contributed by atoms with Crippen molar-refractivity contribution in [3.05, 3.63) is 54.4 Å². The first-order valence-corrected chi connectivity index (χ1v) is 15.7. The number of nitrogens with one attached hydrogen (secondary N) is 1. The van der Waals surface area contributed by atoms with E-state index in [1.807, 2.05) is 38.1 Å². The highest BCUT2D eigenvalue weighted by atomic mass is 32.2. The highest BCUT2D eigenvalue weighted by molar-refractivity contribution is 7.89. The fraction of sp³-hybridized carbons (Fsp3) is 0.500. The van der Waals surface area contributed by atoms with Crippen LogP contribution in [0.5, 0.6) is 5.75 Å². The third-order valence-electron chi connectivity index (χ3n) is 7.34. The Hall–Kier alpha value is -3.64. The number of piperidine rings is 1. The number of ether oxygens (including phenoxy) is 1. The van der Waals surface area contributed by atoms with Crippen molar-refractivity contribution in [2.75, 3.05) is 37.7 Å². The first-order valence-electron chi connectivity index (χ1n) is 14.3. The molecule has 0 bridgehead atoms. The van der Waals surface area contributed by atoms with E-state index in [9.17, 15) is 18.3 Å². The minimum atomic E-state index is -3.78. The second-order valence-electron chi connectivity index (χ2n) is 11.9. The summed E-state index contributed by atoms with van der Waals surface area (Å²) in [6.07, 6.45) is 0.871. The van der Waals surface area contributed by atoms with E-state index in [0.717, 1.165) is 48.6 Å². The van der Waals surface area contributed by atoms with Crippen LogP contribution in [-0.4, -0.2) is 73.0 Å². The maximum absolute atomic E-state index is 12.7. The molecule has 2 N–H and O–H groups in total. The molecule has 1 aliphatic rings. The number of rotatable bonds is 11. The van der Waals surface area contributed by atoms with E-state index < -0.39 is 21.7 Å². The third-order valence-corrected chi connectivity index (χ3v) is 8.82. The average Bonchev–Trinajstić information content (AvgIpc) is 3.45. The smallest absolute Gasteiger partial charge is 0.407 e. The summed E-state index contributed by atoms with van der Waals surface area (Å²) >= 11 is 0. The lowest BCUT2D eigenvalue weighted by molar-refractivity contribution is 0.102. The lowest BCUT2D eigenvalue weighted by Gasteiger charge is -2.33. The van der Waals surface area contributed by atoms with E-state index in [0.29, 0.717) is 18.5 Å². The number of hydrogen-bond donors (Lipinski definition) is 2. The van der Waals surface area contributed by atoms with Crippen LogP contribution in [0.15, 0.2) is 57.9 Å². The molecule has 4 rings (SSSR count). The predicted octanol–water partition coefficient (Wildman–Crippen LogP) is 5.21. The normalized spacial score (nSPS) is 14.8. The Labute approximate surface area is 247 Å². The molecule has 0 aliphatic carbocycles. The van der Waals surface area contributed by atoms with Gasteiger partial charge >= 0.3 is 12.1 Å².